The molecule has 0 saturated heterocycles. The predicted octanol–water partition coefficient (Wildman–Crippen LogP) is 1.27. The van der Waals surface area contributed by atoms with E-state index in [4.69, 9.17) is 0 Å². The lowest BCUT2D eigenvalue weighted by molar-refractivity contribution is -0.121. The molecular weight excluding hydrogens is 318 g/mol. The highest BCUT2D eigenvalue weighted by molar-refractivity contribution is 5.77. The van der Waals surface area contributed by atoms with Gasteiger partial charge in [-0.15, -0.1) is 0 Å². The summed E-state index contributed by atoms with van der Waals surface area (Å²) >= 11 is 0. The molecule has 1 amide bonds. The second-order valence-electron chi connectivity index (χ2n) is 5.98. The van der Waals surface area contributed by atoms with Gasteiger partial charge in [0.15, 0.2) is 5.65 Å². The fourth-order valence-electron chi connectivity index (χ4n) is 2.72. The molecule has 3 rings (SSSR count). The summed E-state index contributed by atoms with van der Waals surface area (Å²) < 4.78 is 2.84. The van der Waals surface area contributed by atoms with Crippen LogP contribution in [0.3, 0.4) is 0 Å². The van der Waals surface area contributed by atoms with Crippen LogP contribution in [-0.2, 0) is 24.8 Å². The summed E-state index contributed by atoms with van der Waals surface area (Å²) in [5, 5.41) is 7.28. The molecular formula is C18H21N5O2. The van der Waals surface area contributed by atoms with E-state index in [0.717, 1.165) is 19.3 Å². The van der Waals surface area contributed by atoms with E-state index in [0.29, 0.717) is 17.6 Å². The van der Waals surface area contributed by atoms with Gasteiger partial charge in [-0.3, -0.25) is 18.8 Å². The molecule has 0 atom stereocenters. The quantitative estimate of drug-likeness (QED) is 0.657. The van der Waals surface area contributed by atoms with Crippen LogP contribution < -0.4 is 10.9 Å². The van der Waals surface area contributed by atoms with Crippen molar-refractivity contribution in [3.8, 4) is 0 Å². The number of aromatic nitrogens is 4. The number of nitrogens with one attached hydrogen (secondary N) is 1. The van der Waals surface area contributed by atoms with Gasteiger partial charge < -0.3 is 5.32 Å². The van der Waals surface area contributed by atoms with Crippen molar-refractivity contribution < 1.29 is 4.79 Å². The van der Waals surface area contributed by atoms with Crippen LogP contribution in [0.1, 0.15) is 18.4 Å². The third kappa shape index (κ3) is 4.12. The molecule has 3 aromatic rings. The zero-order chi connectivity index (χ0) is 17.6. The molecule has 2 aromatic heterocycles. The highest BCUT2D eigenvalue weighted by Crippen LogP contribution is 2.04. The van der Waals surface area contributed by atoms with Gasteiger partial charge in [-0.1, -0.05) is 30.3 Å². The molecule has 130 valence electrons. The van der Waals surface area contributed by atoms with Crippen molar-refractivity contribution in [3.05, 3.63) is 58.8 Å². The van der Waals surface area contributed by atoms with Crippen molar-refractivity contribution in [2.24, 2.45) is 7.05 Å². The number of hydrogen-bond donors (Lipinski definition) is 1. The van der Waals surface area contributed by atoms with Gasteiger partial charge in [-0.2, -0.15) is 5.10 Å². The lowest BCUT2D eigenvalue weighted by Crippen LogP contribution is -2.33. The lowest BCUT2D eigenvalue weighted by atomic mass is 10.1. The van der Waals surface area contributed by atoms with Crippen LogP contribution in [0.2, 0.25) is 0 Å². The number of carbonyl (C=O) groups excluding carboxylic acids is 1. The Bertz CT molecular complexity index is 914. The van der Waals surface area contributed by atoms with Crippen LogP contribution in [0.4, 0.5) is 0 Å². The molecule has 7 heteroatoms. The van der Waals surface area contributed by atoms with Gasteiger partial charge in [0.1, 0.15) is 18.3 Å². The Kier molecular flexibility index (Phi) is 5.23. The molecule has 0 radical (unpaired) electrons. The molecule has 0 bridgehead atoms. The summed E-state index contributed by atoms with van der Waals surface area (Å²) in [7, 11) is 1.72. The van der Waals surface area contributed by atoms with Crippen molar-refractivity contribution >= 4 is 16.9 Å². The number of carbonyl (C=O) groups is 1. The maximum absolute atomic E-state index is 12.3. The van der Waals surface area contributed by atoms with Crippen LogP contribution in [0, 0.1) is 0 Å². The first kappa shape index (κ1) is 16.9. The van der Waals surface area contributed by atoms with Gasteiger partial charge in [0.05, 0.1) is 6.20 Å². The van der Waals surface area contributed by atoms with E-state index in [-0.39, 0.29) is 18.0 Å². The third-order valence-electron chi connectivity index (χ3n) is 4.09. The lowest BCUT2D eigenvalue weighted by Gasteiger charge is -2.07. The SMILES string of the molecule is Cn1ncc2c(=O)n(CC(=O)NCCCCc3ccccc3)cnc21. The summed E-state index contributed by atoms with van der Waals surface area (Å²) in [6.07, 6.45) is 5.77. The van der Waals surface area contributed by atoms with E-state index in [9.17, 15) is 9.59 Å². The van der Waals surface area contributed by atoms with Gasteiger partial charge in [0.2, 0.25) is 5.91 Å². The van der Waals surface area contributed by atoms with Crippen LogP contribution in [-0.4, -0.2) is 31.8 Å². The van der Waals surface area contributed by atoms with Crippen LogP contribution >= 0.6 is 0 Å². The fraction of sp³-hybridized carbons (Fsp3) is 0.333. The number of rotatable bonds is 7. The Morgan fingerprint density at radius 2 is 2.00 bits per heavy atom. The topological polar surface area (TPSA) is 81.8 Å². The summed E-state index contributed by atoms with van der Waals surface area (Å²) in [5.74, 6) is -0.188. The standard InChI is InChI=1S/C18H21N5O2/c1-22-17-15(11-21-22)18(25)23(13-20-17)12-16(24)19-10-6-5-9-14-7-3-2-4-8-14/h2-4,7-8,11,13H,5-6,9-10,12H2,1H3,(H,19,24). The average Bonchev–Trinajstić information content (AvgIpc) is 3.00. The number of fused-ring (bicyclic) bond motifs is 1. The van der Waals surface area contributed by atoms with E-state index in [1.54, 1.807) is 7.05 Å². The van der Waals surface area contributed by atoms with Crippen molar-refractivity contribution in [2.75, 3.05) is 6.54 Å². The van der Waals surface area contributed by atoms with Crippen molar-refractivity contribution in [1.82, 2.24) is 24.6 Å². The van der Waals surface area contributed by atoms with Crippen LogP contribution in [0.15, 0.2) is 47.7 Å². The number of aryl methyl sites for hydroxylation is 2. The second kappa shape index (κ2) is 7.74. The molecule has 25 heavy (non-hydrogen) atoms. The Balaban J connectivity index is 1.46. The number of benzene rings is 1. The minimum Gasteiger partial charge on any atom is -0.355 e. The first-order valence-electron chi connectivity index (χ1n) is 8.33. The van der Waals surface area contributed by atoms with Crippen LogP contribution in [0.5, 0.6) is 0 Å². The van der Waals surface area contributed by atoms with E-state index in [1.165, 1.54) is 27.3 Å². The molecule has 0 aliphatic rings. The van der Waals surface area contributed by atoms with Crippen molar-refractivity contribution in [3.63, 3.8) is 0 Å². The molecule has 2 heterocycles. The Hall–Kier alpha value is -2.96. The number of nitrogens with zero attached hydrogens (tertiary/aromatic N) is 4. The Morgan fingerprint density at radius 3 is 2.80 bits per heavy atom. The Morgan fingerprint density at radius 1 is 1.20 bits per heavy atom. The Labute approximate surface area is 145 Å². The predicted molar refractivity (Wildman–Crippen MR) is 95.2 cm³/mol. The molecule has 1 N–H and O–H groups in total. The molecule has 0 unspecified atom stereocenters. The zero-order valence-electron chi connectivity index (χ0n) is 14.2. The number of unbranched alkanes of at least 4 members (excludes halogenated alkanes) is 1. The number of amides is 1. The second-order valence-corrected chi connectivity index (χ2v) is 5.98. The van der Waals surface area contributed by atoms with Gasteiger partial charge in [0.25, 0.3) is 5.56 Å². The smallest absolute Gasteiger partial charge is 0.264 e. The van der Waals surface area contributed by atoms with Gasteiger partial charge in [-0.05, 0) is 24.8 Å². The van der Waals surface area contributed by atoms with E-state index in [1.807, 2.05) is 18.2 Å². The first-order valence-corrected chi connectivity index (χ1v) is 8.33. The molecule has 0 fully saturated rings. The van der Waals surface area contributed by atoms with Gasteiger partial charge >= 0.3 is 0 Å². The highest BCUT2D eigenvalue weighted by atomic mass is 16.2. The summed E-state index contributed by atoms with van der Waals surface area (Å²) in [5.41, 5.74) is 1.57. The summed E-state index contributed by atoms with van der Waals surface area (Å²) in [4.78, 5) is 28.5. The summed E-state index contributed by atoms with van der Waals surface area (Å²) in [6.45, 7) is 0.568. The van der Waals surface area contributed by atoms with Crippen LogP contribution in [0.25, 0.3) is 11.0 Å². The largest absolute Gasteiger partial charge is 0.355 e. The number of hydrogen-bond acceptors (Lipinski definition) is 4. The third-order valence-corrected chi connectivity index (χ3v) is 4.09. The summed E-state index contributed by atoms with van der Waals surface area (Å²) in [6, 6.07) is 10.3. The average molecular weight is 339 g/mol. The van der Waals surface area contributed by atoms with Gasteiger partial charge in [-0.25, -0.2) is 4.98 Å². The maximum Gasteiger partial charge on any atom is 0.264 e. The zero-order valence-corrected chi connectivity index (χ0v) is 14.2. The van der Waals surface area contributed by atoms with Crippen molar-refractivity contribution in [2.45, 2.75) is 25.8 Å². The molecule has 1 aromatic carbocycles. The highest BCUT2D eigenvalue weighted by Gasteiger charge is 2.10. The maximum atomic E-state index is 12.3. The van der Waals surface area contributed by atoms with Crippen molar-refractivity contribution in [1.29, 1.82) is 0 Å². The molecule has 0 spiro atoms. The normalized spacial score (nSPS) is 10.9. The van der Waals surface area contributed by atoms with E-state index in [2.05, 4.69) is 27.5 Å². The molecule has 0 aliphatic carbocycles. The van der Waals surface area contributed by atoms with Gasteiger partial charge in [0, 0.05) is 13.6 Å². The fourth-order valence-corrected chi connectivity index (χ4v) is 2.72. The minimum absolute atomic E-state index is 0.0324. The first-order chi connectivity index (χ1) is 12.1. The molecule has 7 nitrogen and oxygen atoms in total. The van der Waals surface area contributed by atoms with E-state index < -0.39 is 0 Å². The molecule has 0 aliphatic heterocycles. The monoisotopic (exact) mass is 339 g/mol. The van der Waals surface area contributed by atoms with E-state index >= 15 is 0 Å². The molecule has 0 saturated carbocycles. The minimum atomic E-state index is -0.252.